The van der Waals surface area contributed by atoms with Gasteiger partial charge in [0.25, 0.3) is 0 Å². The quantitative estimate of drug-likeness (QED) is 0.921. The summed E-state index contributed by atoms with van der Waals surface area (Å²) in [5.41, 5.74) is 5.28. The van der Waals surface area contributed by atoms with E-state index in [0.717, 1.165) is 17.7 Å². The van der Waals surface area contributed by atoms with Gasteiger partial charge in [-0.1, -0.05) is 37.3 Å². The summed E-state index contributed by atoms with van der Waals surface area (Å²) in [6.45, 7) is 6.04. The lowest BCUT2D eigenvalue weighted by Gasteiger charge is -2.20. The molecule has 2 aromatic carbocycles. The van der Waals surface area contributed by atoms with E-state index in [0.29, 0.717) is 18.8 Å². The summed E-state index contributed by atoms with van der Waals surface area (Å²) in [5, 5.41) is 3.45. The van der Waals surface area contributed by atoms with Gasteiger partial charge in [-0.3, -0.25) is 0 Å². The summed E-state index contributed by atoms with van der Waals surface area (Å²) < 4.78 is 19.3. The Balaban J connectivity index is 1.99. The van der Waals surface area contributed by atoms with Gasteiger partial charge >= 0.3 is 0 Å². The molecule has 1 heterocycles. The molecule has 0 fully saturated rings. The van der Waals surface area contributed by atoms with E-state index in [1.54, 1.807) is 13.0 Å². The predicted octanol–water partition coefficient (Wildman–Crippen LogP) is 3.86. The highest BCUT2D eigenvalue weighted by atomic mass is 19.1. The monoisotopic (exact) mass is 285 g/mol. The fraction of sp³-hybridized carbons (Fsp3) is 0.333. The lowest BCUT2D eigenvalue weighted by Crippen LogP contribution is -2.22. The van der Waals surface area contributed by atoms with Crippen LogP contribution in [0.4, 0.5) is 4.39 Å². The Morgan fingerprint density at radius 3 is 2.57 bits per heavy atom. The van der Waals surface area contributed by atoms with Crippen molar-refractivity contribution in [1.29, 1.82) is 0 Å². The molecule has 0 spiro atoms. The van der Waals surface area contributed by atoms with Crippen LogP contribution in [0, 0.1) is 12.7 Å². The van der Waals surface area contributed by atoms with Crippen LogP contribution in [0.25, 0.3) is 0 Å². The van der Waals surface area contributed by atoms with Crippen LogP contribution < -0.4 is 5.32 Å². The fourth-order valence-electron chi connectivity index (χ4n) is 2.79. The molecule has 1 aliphatic heterocycles. The van der Waals surface area contributed by atoms with Crippen molar-refractivity contribution < 1.29 is 9.13 Å². The molecule has 1 N–H and O–H groups in total. The molecule has 2 nitrogen and oxygen atoms in total. The zero-order valence-electron chi connectivity index (χ0n) is 12.4. The van der Waals surface area contributed by atoms with Gasteiger partial charge in [-0.05, 0) is 47.4 Å². The fourth-order valence-corrected chi connectivity index (χ4v) is 2.79. The standard InChI is InChI=1S/C18H20FNO/c1-3-20-18(14-5-4-12(2)17(19)9-14)13-6-7-15-10-21-11-16(15)8-13/h4-9,18,20H,3,10-11H2,1-2H3. The molecule has 1 aliphatic rings. The first-order chi connectivity index (χ1) is 10.2. The van der Waals surface area contributed by atoms with Crippen molar-refractivity contribution >= 4 is 0 Å². The Morgan fingerprint density at radius 2 is 1.81 bits per heavy atom. The van der Waals surface area contributed by atoms with Gasteiger partial charge in [-0.15, -0.1) is 0 Å². The van der Waals surface area contributed by atoms with E-state index in [1.807, 2.05) is 12.1 Å². The molecule has 21 heavy (non-hydrogen) atoms. The molecule has 3 heteroatoms. The topological polar surface area (TPSA) is 21.3 Å². The first-order valence-corrected chi connectivity index (χ1v) is 7.38. The molecule has 0 aliphatic carbocycles. The highest BCUT2D eigenvalue weighted by Crippen LogP contribution is 2.28. The Bertz CT molecular complexity index is 654. The number of fused-ring (bicyclic) bond motifs is 1. The van der Waals surface area contributed by atoms with Gasteiger partial charge in [-0.2, -0.15) is 0 Å². The van der Waals surface area contributed by atoms with Crippen molar-refractivity contribution in [2.24, 2.45) is 0 Å². The van der Waals surface area contributed by atoms with Gasteiger partial charge in [0.15, 0.2) is 0 Å². The maximum atomic E-state index is 13.9. The summed E-state index contributed by atoms with van der Waals surface area (Å²) in [5.74, 6) is -0.153. The van der Waals surface area contributed by atoms with Crippen LogP contribution in [-0.2, 0) is 18.0 Å². The highest BCUT2D eigenvalue weighted by Gasteiger charge is 2.18. The molecule has 1 atom stereocenters. The molecule has 2 aromatic rings. The Kier molecular flexibility index (Phi) is 4.04. The SMILES string of the molecule is CCNC(c1ccc(C)c(F)c1)c1ccc2c(c1)COC2. The molecule has 0 aromatic heterocycles. The van der Waals surface area contributed by atoms with Crippen LogP contribution in [0.5, 0.6) is 0 Å². The third kappa shape index (κ3) is 2.85. The Labute approximate surface area is 125 Å². The summed E-state index contributed by atoms with van der Waals surface area (Å²) in [4.78, 5) is 0. The number of halogens is 1. The molecular weight excluding hydrogens is 265 g/mol. The summed E-state index contributed by atoms with van der Waals surface area (Å²) in [6, 6.07) is 11.9. The van der Waals surface area contributed by atoms with Gasteiger partial charge in [0.1, 0.15) is 5.82 Å². The minimum Gasteiger partial charge on any atom is -0.372 e. The maximum absolute atomic E-state index is 13.9. The summed E-state index contributed by atoms with van der Waals surface area (Å²) >= 11 is 0. The number of nitrogens with one attached hydrogen (secondary N) is 1. The molecule has 0 bridgehead atoms. The van der Waals surface area contributed by atoms with Crippen LogP contribution in [0.15, 0.2) is 36.4 Å². The van der Waals surface area contributed by atoms with Crippen molar-refractivity contribution in [2.45, 2.75) is 33.1 Å². The number of hydrogen-bond acceptors (Lipinski definition) is 2. The Morgan fingerprint density at radius 1 is 1.10 bits per heavy atom. The first kappa shape index (κ1) is 14.2. The second-order valence-electron chi connectivity index (χ2n) is 5.52. The lowest BCUT2D eigenvalue weighted by atomic mass is 9.95. The predicted molar refractivity (Wildman–Crippen MR) is 81.6 cm³/mol. The van der Waals surface area contributed by atoms with Crippen LogP contribution in [0.2, 0.25) is 0 Å². The van der Waals surface area contributed by atoms with Crippen molar-refractivity contribution in [3.63, 3.8) is 0 Å². The van der Waals surface area contributed by atoms with Gasteiger partial charge in [0, 0.05) is 0 Å². The van der Waals surface area contributed by atoms with Crippen LogP contribution >= 0.6 is 0 Å². The van der Waals surface area contributed by atoms with Crippen molar-refractivity contribution in [3.05, 3.63) is 70.0 Å². The number of aryl methyl sites for hydroxylation is 1. The normalized spacial score (nSPS) is 15.0. The summed E-state index contributed by atoms with van der Waals surface area (Å²) in [7, 11) is 0. The van der Waals surface area contributed by atoms with Gasteiger partial charge in [0.2, 0.25) is 0 Å². The molecule has 0 radical (unpaired) electrons. The van der Waals surface area contributed by atoms with E-state index >= 15 is 0 Å². The Hall–Kier alpha value is -1.71. The zero-order valence-corrected chi connectivity index (χ0v) is 12.4. The molecule has 1 unspecified atom stereocenters. The average molecular weight is 285 g/mol. The number of benzene rings is 2. The highest BCUT2D eigenvalue weighted by molar-refractivity contribution is 5.39. The van der Waals surface area contributed by atoms with E-state index in [1.165, 1.54) is 11.1 Å². The molecule has 0 saturated carbocycles. The molecular formula is C18H20FNO. The number of rotatable bonds is 4. The first-order valence-electron chi connectivity index (χ1n) is 7.38. The van der Waals surface area contributed by atoms with Gasteiger partial charge < -0.3 is 10.1 Å². The molecule has 110 valence electrons. The van der Waals surface area contributed by atoms with Crippen molar-refractivity contribution in [3.8, 4) is 0 Å². The smallest absolute Gasteiger partial charge is 0.126 e. The number of hydrogen-bond donors (Lipinski definition) is 1. The second kappa shape index (κ2) is 5.96. The average Bonchev–Trinajstić information content (AvgIpc) is 2.95. The lowest BCUT2D eigenvalue weighted by molar-refractivity contribution is 0.134. The zero-order chi connectivity index (χ0) is 14.8. The summed E-state index contributed by atoms with van der Waals surface area (Å²) in [6.07, 6.45) is 0. The second-order valence-corrected chi connectivity index (χ2v) is 5.52. The van der Waals surface area contributed by atoms with E-state index in [9.17, 15) is 4.39 Å². The van der Waals surface area contributed by atoms with E-state index in [2.05, 4.69) is 30.4 Å². The minimum absolute atomic E-state index is 0.0102. The maximum Gasteiger partial charge on any atom is 0.126 e. The molecule has 0 saturated heterocycles. The van der Waals surface area contributed by atoms with E-state index in [4.69, 9.17) is 4.74 Å². The van der Waals surface area contributed by atoms with Crippen LogP contribution in [-0.4, -0.2) is 6.54 Å². The third-order valence-corrected chi connectivity index (χ3v) is 4.02. The van der Waals surface area contributed by atoms with Gasteiger partial charge in [0.05, 0.1) is 19.3 Å². The van der Waals surface area contributed by atoms with Gasteiger partial charge in [-0.25, -0.2) is 4.39 Å². The van der Waals surface area contributed by atoms with E-state index < -0.39 is 0 Å². The van der Waals surface area contributed by atoms with Crippen molar-refractivity contribution in [2.75, 3.05) is 6.54 Å². The van der Waals surface area contributed by atoms with Crippen LogP contribution in [0.3, 0.4) is 0 Å². The van der Waals surface area contributed by atoms with Crippen molar-refractivity contribution in [1.82, 2.24) is 5.32 Å². The molecule has 0 amide bonds. The molecule has 3 rings (SSSR count). The van der Waals surface area contributed by atoms with E-state index in [-0.39, 0.29) is 11.9 Å². The van der Waals surface area contributed by atoms with Crippen LogP contribution in [0.1, 0.15) is 40.8 Å². The largest absolute Gasteiger partial charge is 0.372 e. The number of ether oxygens (including phenoxy) is 1. The minimum atomic E-state index is -0.153. The third-order valence-electron chi connectivity index (χ3n) is 4.02.